The Morgan fingerprint density at radius 1 is 1.25 bits per heavy atom. The molecule has 0 saturated heterocycles. The van der Waals surface area contributed by atoms with Gasteiger partial charge in [0.1, 0.15) is 5.75 Å². The molecule has 0 bridgehead atoms. The Balaban J connectivity index is 2.31. The highest BCUT2D eigenvalue weighted by Crippen LogP contribution is 2.35. The van der Waals surface area contributed by atoms with E-state index in [0.717, 1.165) is 5.56 Å². The molecule has 5 heteroatoms. The number of hydrogen-bond donors (Lipinski definition) is 1. The number of carbonyl (C=O) groups is 1. The fourth-order valence-electron chi connectivity index (χ4n) is 2.23. The maximum Gasteiger partial charge on any atom is 0.189 e. The Labute approximate surface area is 146 Å². The molecule has 0 atom stereocenters. The van der Waals surface area contributed by atoms with Crippen molar-refractivity contribution < 1.29 is 19.4 Å². The summed E-state index contributed by atoms with van der Waals surface area (Å²) in [5, 5.41) is 10.0. The molecule has 2 rings (SSSR count). The van der Waals surface area contributed by atoms with Gasteiger partial charge in [-0.25, -0.2) is 0 Å². The lowest BCUT2D eigenvalue weighted by atomic mass is 10.1. The molecule has 0 heterocycles. The van der Waals surface area contributed by atoms with Crippen molar-refractivity contribution in [1.29, 1.82) is 0 Å². The molecule has 24 heavy (non-hydrogen) atoms. The molecule has 0 aromatic heterocycles. The second-order valence-electron chi connectivity index (χ2n) is 5.18. The molecule has 4 nitrogen and oxygen atoms in total. The average molecular weight is 347 g/mol. The predicted molar refractivity (Wildman–Crippen MR) is 95.4 cm³/mol. The number of benzene rings is 2. The zero-order valence-corrected chi connectivity index (χ0v) is 14.6. The highest BCUT2D eigenvalue weighted by Gasteiger charge is 2.11. The minimum atomic E-state index is -0.183. The number of aryl methyl sites for hydroxylation is 1. The SMILES string of the molecule is CCOc1cc(C=CC(=O)c2cc(C)ccc2OC)cc(Cl)c1O. The van der Waals surface area contributed by atoms with E-state index in [4.69, 9.17) is 21.1 Å². The molecule has 0 radical (unpaired) electrons. The zero-order valence-electron chi connectivity index (χ0n) is 13.8. The topological polar surface area (TPSA) is 55.8 Å². The normalized spacial score (nSPS) is 10.8. The fraction of sp³-hybridized carbons (Fsp3) is 0.211. The molecule has 0 fully saturated rings. The minimum absolute atomic E-state index is 0.109. The summed E-state index contributed by atoms with van der Waals surface area (Å²) >= 11 is 5.99. The van der Waals surface area contributed by atoms with E-state index >= 15 is 0 Å². The van der Waals surface area contributed by atoms with E-state index in [0.29, 0.717) is 23.5 Å². The van der Waals surface area contributed by atoms with Crippen molar-refractivity contribution in [2.45, 2.75) is 13.8 Å². The van der Waals surface area contributed by atoms with E-state index in [2.05, 4.69) is 0 Å². The van der Waals surface area contributed by atoms with Crippen LogP contribution in [0.3, 0.4) is 0 Å². The lowest BCUT2D eigenvalue weighted by Crippen LogP contribution is -1.99. The largest absolute Gasteiger partial charge is 0.503 e. The first-order chi connectivity index (χ1) is 11.5. The molecule has 0 aliphatic rings. The number of methoxy groups -OCH3 is 1. The number of ether oxygens (including phenoxy) is 2. The Kier molecular flexibility index (Phi) is 5.88. The van der Waals surface area contributed by atoms with Crippen LogP contribution in [0.15, 0.2) is 36.4 Å². The summed E-state index contributed by atoms with van der Waals surface area (Å²) in [7, 11) is 1.53. The average Bonchev–Trinajstić information content (AvgIpc) is 2.57. The maximum atomic E-state index is 12.4. The number of hydrogen-bond acceptors (Lipinski definition) is 4. The van der Waals surface area contributed by atoms with Crippen LogP contribution in [0.5, 0.6) is 17.2 Å². The predicted octanol–water partition coefficient (Wildman–Crippen LogP) is 4.66. The molecule has 0 spiro atoms. The first-order valence-electron chi connectivity index (χ1n) is 7.48. The molecular weight excluding hydrogens is 328 g/mol. The minimum Gasteiger partial charge on any atom is -0.503 e. The standard InChI is InChI=1S/C19H19ClO4/c1-4-24-18-11-13(10-15(20)19(18)22)6-7-16(21)14-9-12(2)5-8-17(14)23-3/h5-11,22H,4H2,1-3H3. The van der Waals surface area contributed by atoms with Crippen LogP contribution in [0.2, 0.25) is 5.02 Å². The van der Waals surface area contributed by atoms with Crippen molar-refractivity contribution in [1.82, 2.24) is 0 Å². The number of phenols is 1. The number of rotatable bonds is 6. The summed E-state index contributed by atoms with van der Waals surface area (Å²) in [6, 6.07) is 8.62. The maximum absolute atomic E-state index is 12.4. The molecule has 0 amide bonds. The molecule has 2 aromatic rings. The van der Waals surface area contributed by atoms with Crippen LogP contribution in [-0.2, 0) is 0 Å². The first-order valence-corrected chi connectivity index (χ1v) is 7.86. The van der Waals surface area contributed by atoms with Crippen molar-refractivity contribution in [3.8, 4) is 17.2 Å². The molecule has 126 valence electrons. The van der Waals surface area contributed by atoms with Gasteiger partial charge in [0.25, 0.3) is 0 Å². The van der Waals surface area contributed by atoms with Gasteiger partial charge in [-0.3, -0.25) is 4.79 Å². The summed E-state index contributed by atoms with van der Waals surface area (Å²) < 4.78 is 10.6. The van der Waals surface area contributed by atoms with E-state index in [1.807, 2.05) is 19.9 Å². The van der Waals surface area contributed by atoms with Crippen molar-refractivity contribution in [3.05, 3.63) is 58.1 Å². The number of ketones is 1. The number of allylic oxidation sites excluding steroid dienone is 1. The Morgan fingerprint density at radius 2 is 2.00 bits per heavy atom. The summed E-state index contributed by atoms with van der Waals surface area (Å²) in [4.78, 5) is 12.4. The Morgan fingerprint density at radius 3 is 2.67 bits per heavy atom. The van der Waals surface area contributed by atoms with Gasteiger partial charge in [-0.1, -0.05) is 29.3 Å². The van der Waals surface area contributed by atoms with E-state index < -0.39 is 0 Å². The quantitative estimate of drug-likeness (QED) is 0.610. The number of phenolic OH excluding ortho intramolecular Hbond substituents is 1. The van der Waals surface area contributed by atoms with Crippen LogP contribution in [0.1, 0.15) is 28.4 Å². The van der Waals surface area contributed by atoms with Gasteiger partial charge in [-0.2, -0.15) is 0 Å². The molecular formula is C19H19ClO4. The van der Waals surface area contributed by atoms with E-state index in [9.17, 15) is 9.90 Å². The molecule has 0 aliphatic carbocycles. The summed E-state index contributed by atoms with van der Waals surface area (Å²) in [6.07, 6.45) is 3.06. The third-order valence-electron chi connectivity index (χ3n) is 3.40. The molecule has 0 unspecified atom stereocenters. The Hall–Kier alpha value is -2.46. The second kappa shape index (κ2) is 7.88. The van der Waals surface area contributed by atoms with Crippen LogP contribution < -0.4 is 9.47 Å². The Bertz CT molecular complexity index is 781. The van der Waals surface area contributed by atoms with Gasteiger partial charge in [-0.15, -0.1) is 0 Å². The summed E-state index contributed by atoms with van der Waals surface area (Å²) in [5.74, 6) is 0.513. The van der Waals surface area contributed by atoms with Gasteiger partial charge >= 0.3 is 0 Å². The number of halogens is 1. The summed E-state index contributed by atoms with van der Waals surface area (Å²) in [6.45, 7) is 4.12. The molecule has 2 aromatic carbocycles. The number of carbonyl (C=O) groups excluding carboxylic acids is 1. The van der Waals surface area contributed by atoms with Crippen molar-refractivity contribution in [2.75, 3.05) is 13.7 Å². The van der Waals surface area contributed by atoms with Gasteiger partial charge < -0.3 is 14.6 Å². The molecule has 0 aliphatic heterocycles. The van der Waals surface area contributed by atoms with E-state index in [-0.39, 0.29) is 22.3 Å². The molecule has 1 N–H and O–H groups in total. The van der Waals surface area contributed by atoms with Gasteiger partial charge in [0.05, 0.1) is 24.3 Å². The zero-order chi connectivity index (χ0) is 17.7. The van der Waals surface area contributed by atoms with Crippen LogP contribution in [0, 0.1) is 6.92 Å². The fourth-order valence-corrected chi connectivity index (χ4v) is 2.45. The van der Waals surface area contributed by atoms with Crippen molar-refractivity contribution >= 4 is 23.5 Å². The van der Waals surface area contributed by atoms with Crippen LogP contribution in [-0.4, -0.2) is 24.6 Å². The van der Waals surface area contributed by atoms with Gasteiger partial charge in [0.15, 0.2) is 17.3 Å². The lowest BCUT2D eigenvalue weighted by molar-refractivity contribution is 0.104. The van der Waals surface area contributed by atoms with Crippen LogP contribution in [0.25, 0.3) is 6.08 Å². The van der Waals surface area contributed by atoms with Crippen LogP contribution in [0.4, 0.5) is 0 Å². The molecule has 0 saturated carbocycles. The third-order valence-corrected chi connectivity index (χ3v) is 3.69. The van der Waals surface area contributed by atoms with Gasteiger partial charge in [0, 0.05) is 0 Å². The van der Waals surface area contributed by atoms with E-state index in [1.54, 1.807) is 30.3 Å². The van der Waals surface area contributed by atoms with Gasteiger partial charge in [0.2, 0.25) is 0 Å². The number of aromatic hydroxyl groups is 1. The highest BCUT2D eigenvalue weighted by atomic mass is 35.5. The van der Waals surface area contributed by atoms with E-state index in [1.165, 1.54) is 13.2 Å². The monoisotopic (exact) mass is 346 g/mol. The summed E-state index contributed by atoms with van der Waals surface area (Å²) in [5.41, 5.74) is 2.11. The highest BCUT2D eigenvalue weighted by molar-refractivity contribution is 6.32. The lowest BCUT2D eigenvalue weighted by Gasteiger charge is -2.08. The smallest absolute Gasteiger partial charge is 0.189 e. The van der Waals surface area contributed by atoms with Crippen molar-refractivity contribution in [2.24, 2.45) is 0 Å². The third kappa shape index (κ3) is 4.09. The first kappa shape index (κ1) is 17.9. The second-order valence-corrected chi connectivity index (χ2v) is 5.59. The van der Waals surface area contributed by atoms with Gasteiger partial charge in [-0.05, 0) is 49.8 Å². The van der Waals surface area contributed by atoms with Crippen molar-refractivity contribution in [3.63, 3.8) is 0 Å². The van der Waals surface area contributed by atoms with Crippen LogP contribution >= 0.6 is 11.6 Å².